The minimum atomic E-state index is -0.951. The van der Waals surface area contributed by atoms with Crippen LogP contribution in [0.3, 0.4) is 0 Å². The van der Waals surface area contributed by atoms with Gasteiger partial charge in [0.2, 0.25) is 0 Å². The van der Waals surface area contributed by atoms with Gasteiger partial charge in [-0.1, -0.05) is 26.8 Å². The highest BCUT2D eigenvalue weighted by Crippen LogP contribution is 2.30. The van der Waals surface area contributed by atoms with Crippen LogP contribution in [0.15, 0.2) is 48.5 Å². The molecule has 0 spiro atoms. The Morgan fingerprint density at radius 2 is 1.72 bits per heavy atom. The Hall–Kier alpha value is -2.88. The molecule has 0 aliphatic heterocycles. The Kier molecular flexibility index (Phi) is 4.21. The summed E-state index contributed by atoms with van der Waals surface area (Å²) in [6.45, 7) is 6.31. The molecule has 0 saturated heterocycles. The summed E-state index contributed by atoms with van der Waals surface area (Å²) in [7, 11) is 1.61. The van der Waals surface area contributed by atoms with E-state index >= 15 is 0 Å². The van der Waals surface area contributed by atoms with Gasteiger partial charge in [-0.2, -0.15) is 0 Å². The lowest BCUT2D eigenvalue weighted by Crippen LogP contribution is -2.11. The van der Waals surface area contributed by atoms with Crippen molar-refractivity contribution in [2.75, 3.05) is 7.11 Å². The molecule has 4 nitrogen and oxygen atoms in total. The highest BCUT2D eigenvalue weighted by Gasteiger charge is 2.18. The second-order valence-corrected chi connectivity index (χ2v) is 7.07. The zero-order valence-corrected chi connectivity index (χ0v) is 14.8. The van der Waals surface area contributed by atoms with E-state index in [1.54, 1.807) is 13.2 Å². The first-order valence-corrected chi connectivity index (χ1v) is 8.12. The average molecular weight is 335 g/mol. The van der Waals surface area contributed by atoms with Crippen molar-refractivity contribution < 1.29 is 14.6 Å². The predicted molar refractivity (Wildman–Crippen MR) is 99.4 cm³/mol. The zero-order valence-electron chi connectivity index (χ0n) is 14.8. The summed E-state index contributed by atoms with van der Waals surface area (Å²) in [6.07, 6.45) is 0. The molecule has 0 radical (unpaired) electrons. The molecule has 0 saturated carbocycles. The molecule has 4 heteroatoms. The summed E-state index contributed by atoms with van der Waals surface area (Å²) in [5.41, 5.74) is 3.46. The Bertz CT molecular complexity index is 938. The van der Waals surface area contributed by atoms with E-state index in [-0.39, 0.29) is 11.0 Å². The standard InChI is InChI=1S/C21H21NO3/c1-21(2,3)14-7-10-18-16(11-14)17(20(23)24)12-19(22-18)13-5-8-15(25-4)9-6-13/h5-12H,1-4H3,(H,23,24). The SMILES string of the molecule is COc1ccc(-c2cc(C(=O)O)c3cc(C(C)(C)C)ccc3n2)cc1. The molecular weight excluding hydrogens is 314 g/mol. The first-order valence-electron chi connectivity index (χ1n) is 8.12. The van der Waals surface area contributed by atoms with Gasteiger partial charge in [-0.25, -0.2) is 9.78 Å². The van der Waals surface area contributed by atoms with Gasteiger partial charge in [0.1, 0.15) is 5.75 Å². The summed E-state index contributed by atoms with van der Waals surface area (Å²) in [4.78, 5) is 16.5. The number of carboxylic acids is 1. The van der Waals surface area contributed by atoms with Crippen molar-refractivity contribution in [3.05, 3.63) is 59.7 Å². The summed E-state index contributed by atoms with van der Waals surface area (Å²) in [5, 5.41) is 10.3. The predicted octanol–water partition coefficient (Wildman–Crippen LogP) is 4.91. The van der Waals surface area contributed by atoms with Crippen molar-refractivity contribution in [1.82, 2.24) is 4.98 Å². The quantitative estimate of drug-likeness (QED) is 0.739. The van der Waals surface area contributed by atoms with E-state index in [1.807, 2.05) is 42.5 Å². The number of fused-ring (bicyclic) bond motifs is 1. The van der Waals surface area contributed by atoms with Crippen LogP contribution in [0.25, 0.3) is 22.2 Å². The fraction of sp³-hybridized carbons (Fsp3) is 0.238. The van der Waals surface area contributed by atoms with Crippen LogP contribution >= 0.6 is 0 Å². The van der Waals surface area contributed by atoms with E-state index in [1.165, 1.54) is 0 Å². The van der Waals surface area contributed by atoms with Gasteiger partial charge in [-0.05, 0) is 53.4 Å². The summed E-state index contributed by atoms with van der Waals surface area (Å²) < 4.78 is 5.17. The number of carbonyl (C=O) groups is 1. The summed E-state index contributed by atoms with van der Waals surface area (Å²) >= 11 is 0. The Morgan fingerprint density at radius 3 is 2.28 bits per heavy atom. The van der Waals surface area contributed by atoms with Gasteiger partial charge >= 0.3 is 5.97 Å². The molecular formula is C21H21NO3. The van der Waals surface area contributed by atoms with Crippen LogP contribution in [0.2, 0.25) is 0 Å². The van der Waals surface area contributed by atoms with Crippen LogP contribution in [-0.4, -0.2) is 23.2 Å². The van der Waals surface area contributed by atoms with Crippen LogP contribution in [0.5, 0.6) is 5.75 Å². The topological polar surface area (TPSA) is 59.4 Å². The molecule has 0 bridgehead atoms. The minimum absolute atomic E-state index is 0.0569. The smallest absolute Gasteiger partial charge is 0.336 e. The van der Waals surface area contributed by atoms with E-state index < -0.39 is 5.97 Å². The molecule has 0 atom stereocenters. The van der Waals surface area contributed by atoms with Crippen molar-refractivity contribution in [3.8, 4) is 17.0 Å². The number of rotatable bonds is 3. The van der Waals surface area contributed by atoms with Gasteiger partial charge in [0.15, 0.2) is 0 Å². The summed E-state index contributed by atoms with van der Waals surface area (Å²) in [6, 6.07) is 14.9. The Labute approximate surface area is 147 Å². The first-order chi connectivity index (χ1) is 11.8. The van der Waals surface area contributed by atoms with Gasteiger partial charge in [-0.15, -0.1) is 0 Å². The van der Waals surface area contributed by atoms with E-state index in [0.29, 0.717) is 16.6 Å². The minimum Gasteiger partial charge on any atom is -0.497 e. The molecule has 1 heterocycles. The number of methoxy groups -OCH3 is 1. The molecule has 25 heavy (non-hydrogen) atoms. The molecule has 0 fully saturated rings. The zero-order chi connectivity index (χ0) is 18.2. The van der Waals surface area contributed by atoms with Crippen LogP contribution in [0, 0.1) is 0 Å². The maximum Gasteiger partial charge on any atom is 0.336 e. The van der Waals surface area contributed by atoms with Crippen LogP contribution in [-0.2, 0) is 5.41 Å². The molecule has 0 aliphatic rings. The van der Waals surface area contributed by atoms with Crippen LogP contribution in [0.1, 0.15) is 36.7 Å². The average Bonchev–Trinajstić information content (AvgIpc) is 2.59. The van der Waals surface area contributed by atoms with Gasteiger partial charge < -0.3 is 9.84 Å². The maximum absolute atomic E-state index is 11.8. The fourth-order valence-electron chi connectivity index (χ4n) is 2.78. The van der Waals surface area contributed by atoms with E-state index in [2.05, 4.69) is 25.8 Å². The summed E-state index contributed by atoms with van der Waals surface area (Å²) in [5.74, 6) is -0.203. The Morgan fingerprint density at radius 1 is 1.04 bits per heavy atom. The first kappa shape index (κ1) is 17.0. The number of hydrogen-bond acceptors (Lipinski definition) is 3. The second-order valence-electron chi connectivity index (χ2n) is 7.07. The normalized spacial score (nSPS) is 11.5. The molecule has 0 unspecified atom stereocenters. The molecule has 0 aliphatic carbocycles. The maximum atomic E-state index is 11.8. The number of pyridine rings is 1. The number of aromatic carboxylic acids is 1. The van der Waals surface area contributed by atoms with E-state index in [4.69, 9.17) is 4.74 Å². The van der Waals surface area contributed by atoms with Crippen LogP contribution < -0.4 is 4.74 Å². The van der Waals surface area contributed by atoms with Crippen molar-refractivity contribution >= 4 is 16.9 Å². The molecule has 128 valence electrons. The Balaban J connectivity index is 2.21. The van der Waals surface area contributed by atoms with Gasteiger partial charge in [0.25, 0.3) is 0 Å². The molecule has 2 aromatic carbocycles. The monoisotopic (exact) mass is 335 g/mol. The third kappa shape index (κ3) is 3.33. The molecule has 0 amide bonds. The van der Waals surface area contributed by atoms with E-state index in [9.17, 15) is 9.90 Å². The van der Waals surface area contributed by atoms with Crippen molar-refractivity contribution in [3.63, 3.8) is 0 Å². The van der Waals surface area contributed by atoms with Gasteiger partial charge in [0.05, 0.1) is 23.9 Å². The number of aromatic nitrogens is 1. The van der Waals surface area contributed by atoms with Crippen molar-refractivity contribution in [1.29, 1.82) is 0 Å². The number of hydrogen-bond donors (Lipinski definition) is 1. The number of ether oxygens (including phenoxy) is 1. The fourth-order valence-corrected chi connectivity index (χ4v) is 2.78. The lowest BCUT2D eigenvalue weighted by molar-refractivity contribution is 0.0699. The number of nitrogens with zero attached hydrogens (tertiary/aromatic N) is 1. The second kappa shape index (κ2) is 6.20. The molecule has 1 aromatic heterocycles. The highest BCUT2D eigenvalue weighted by molar-refractivity contribution is 6.04. The number of carboxylic acid groups (broad SMARTS) is 1. The third-order valence-electron chi connectivity index (χ3n) is 4.29. The largest absolute Gasteiger partial charge is 0.497 e. The van der Waals surface area contributed by atoms with Crippen molar-refractivity contribution in [2.45, 2.75) is 26.2 Å². The lowest BCUT2D eigenvalue weighted by atomic mass is 9.86. The number of benzene rings is 2. The molecule has 3 rings (SSSR count). The molecule has 3 aromatic rings. The highest BCUT2D eigenvalue weighted by atomic mass is 16.5. The van der Waals surface area contributed by atoms with Gasteiger partial charge in [0, 0.05) is 10.9 Å². The third-order valence-corrected chi connectivity index (χ3v) is 4.29. The van der Waals surface area contributed by atoms with Gasteiger partial charge in [-0.3, -0.25) is 0 Å². The van der Waals surface area contributed by atoms with E-state index in [0.717, 1.165) is 16.9 Å². The van der Waals surface area contributed by atoms with Crippen molar-refractivity contribution in [2.24, 2.45) is 0 Å². The van der Waals surface area contributed by atoms with Crippen LogP contribution in [0.4, 0.5) is 0 Å². The lowest BCUT2D eigenvalue weighted by Gasteiger charge is -2.20. The molecule has 1 N–H and O–H groups in total.